The van der Waals surface area contributed by atoms with Crippen molar-refractivity contribution in [1.29, 1.82) is 5.41 Å². The van der Waals surface area contributed by atoms with E-state index in [-0.39, 0.29) is 0 Å². The van der Waals surface area contributed by atoms with Crippen LogP contribution < -0.4 is 10.7 Å². The highest BCUT2D eigenvalue weighted by Gasteiger charge is 1.91. The average Bonchev–Trinajstić information content (AvgIpc) is 2.20. The van der Waals surface area contributed by atoms with Crippen molar-refractivity contribution >= 4 is 17.6 Å². The first-order valence-corrected chi connectivity index (χ1v) is 4.80. The predicted molar refractivity (Wildman–Crippen MR) is 64.7 cm³/mol. The van der Waals surface area contributed by atoms with Gasteiger partial charge < -0.3 is 10.7 Å². The Balaban J connectivity index is 2.53. The van der Waals surface area contributed by atoms with Gasteiger partial charge in [-0.25, -0.2) is 0 Å². The zero-order chi connectivity index (χ0) is 11.1. The third-order valence-corrected chi connectivity index (χ3v) is 1.79. The summed E-state index contributed by atoms with van der Waals surface area (Å²) in [5.74, 6) is 0. The molecule has 0 atom stereocenters. The molecule has 0 saturated carbocycles. The van der Waals surface area contributed by atoms with Gasteiger partial charge in [-0.3, -0.25) is 5.43 Å². The molecular weight excluding hydrogens is 188 g/mol. The van der Waals surface area contributed by atoms with Crippen LogP contribution >= 0.6 is 0 Å². The molecule has 0 unspecified atom stereocenters. The van der Waals surface area contributed by atoms with E-state index in [0.29, 0.717) is 5.71 Å². The maximum Gasteiger partial charge on any atom is 0.0677 e. The van der Waals surface area contributed by atoms with Crippen LogP contribution in [0.15, 0.2) is 29.4 Å². The molecular formula is C11H16N4. The fourth-order valence-corrected chi connectivity index (χ4v) is 1.10. The van der Waals surface area contributed by atoms with Crippen LogP contribution in [0, 0.1) is 5.41 Å². The molecule has 0 spiro atoms. The quantitative estimate of drug-likeness (QED) is 0.506. The van der Waals surface area contributed by atoms with E-state index >= 15 is 0 Å². The monoisotopic (exact) mass is 204 g/mol. The van der Waals surface area contributed by atoms with Crippen molar-refractivity contribution in [2.24, 2.45) is 5.10 Å². The van der Waals surface area contributed by atoms with Crippen LogP contribution in [0.5, 0.6) is 0 Å². The normalized spacial score (nSPS) is 10.5. The Morgan fingerprint density at radius 3 is 2.60 bits per heavy atom. The van der Waals surface area contributed by atoms with Crippen LogP contribution in [0.2, 0.25) is 0 Å². The second kappa shape index (κ2) is 5.93. The second-order valence-electron chi connectivity index (χ2n) is 3.28. The van der Waals surface area contributed by atoms with E-state index < -0.39 is 0 Å². The Kier molecular flexibility index (Phi) is 4.50. The first-order valence-electron chi connectivity index (χ1n) is 4.80. The number of nitrogens with one attached hydrogen (secondary N) is 3. The summed E-state index contributed by atoms with van der Waals surface area (Å²) in [6.45, 7) is 2.55. The molecule has 80 valence electrons. The Hall–Kier alpha value is -1.68. The zero-order valence-electron chi connectivity index (χ0n) is 9.04. The molecule has 15 heavy (non-hydrogen) atoms. The molecule has 0 aromatic heterocycles. The van der Waals surface area contributed by atoms with E-state index in [2.05, 4.69) is 15.8 Å². The number of hydrogen-bond donors (Lipinski definition) is 3. The van der Waals surface area contributed by atoms with Crippen molar-refractivity contribution in [3.63, 3.8) is 0 Å². The highest BCUT2D eigenvalue weighted by molar-refractivity contribution is 6.27. The highest BCUT2D eigenvalue weighted by Crippen LogP contribution is 2.08. The van der Waals surface area contributed by atoms with E-state index in [1.54, 1.807) is 6.92 Å². The SMILES string of the molecule is CNCc1ccc(N/N=C\C(C)=N)cc1. The lowest BCUT2D eigenvalue weighted by molar-refractivity contribution is 0.818. The first kappa shape index (κ1) is 11.4. The Morgan fingerprint density at radius 2 is 2.07 bits per heavy atom. The van der Waals surface area contributed by atoms with Gasteiger partial charge in [0.1, 0.15) is 0 Å². The number of rotatable bonds is 5. The second-order valence-corrected chi connectivity index (χ2v) is 3.28. The lowest BCUT2D eigenvalue weighted by Crippen LogP contribution is -2.04. The van der Waals surface area contributed by atoms with Gasteiger partial charge in [0, 0.05) is 12.3 Å². The summed E-state index contributed by atoms with van der Waals surface area (Å²) in [7, 11) is 1.92. The fourth-order valence-electron chi connectivity index (χ4n) is 1.10. The fraction of sp³-hybridized carbons (Fsp3) is 0.273. The summed E-state index contributed by atoms with van der Waals surface area (Å²) >= 11 is 0. The van der Waals surface area contributed by atoms with Crippen molar-refractivity contribution in [3.8, 4) is 0 Å². The molecule has 4 nitrogen and oxygen atoms in total. The van der Waals surface area contributed by atoms with Crippen molar-refractivity contribution < 1.29 is 0 Å². The molecule has 0 saturated heterocycles. The van der Waals surface area contributed by atoms with Crippen LogP contribution in [0.25, 0.3) is 0 Å². The van der Waals surface area contributed by atoms with Gasteiger partial charge in [-0.1, -0.05) is 12.1 Å². The maximum absolute atomic E-state index is 7.15. The minimum absolute atomic E-state index is 0.425. The van der Waals surface area contributed by atoms with E-state index in [1.807, 2.05) is 31.3 Å². The van der Waals surface area contributed by atoms with Gasteiger partial charge in [0.2, 0.25) is 0 Å². The number of hydrazone groups is 1. The van der Waals surface area contributed by atoms with E-state index in [0.717, 1.165) is 12.2 Å². The van der Waals surface area contributed by atoms with Crippen molar-refractivity contribution in [2.45, 2.75) is 13.5 Å². The summed E-state index contributed by atoms with van der Waals surface area (Å²) in [6, 6.07) is 7.99. The molecule has 0 aliphatic carbocycles. The van der Waals surface area contributed by atoms with E-state index in [9.17, 15) is 0 Å². The molecule has 0 aliphatic rings. The topological polar surface area (TPSA) is 60.3 Å². The predicted octanol–water partition coefficient (Wildman–Crippen LogP) is 1.84. The molecule has 0 fully saturated rings. The lowest BCUT2D eigenvalue weighted by Gasteiger charge is -2.02. The van der Waals surface area contributed by atoms with Crippen LogP contribution in [-0.4, -0.2) is 19.0 Å². The van der Waals surface area contributed by atoms with Gasteiger partial charge in [-0.15, -0.1) is 0 Å². The van der Waals surface area contributed by atoms with Gasteiger partial charge in [0.05, 0.1) is 11.9 Å². The van der Waals surface area contributed by atoms with Crippen LogP contribution in [-0.2, 0) is 6.54 Å². The summed E-state index contributed by atoms with van der Waals surface area (Å²) in [5.41, 5.74) is 5.43. The molecule has 1 rings (SSSR count). The van der Waals surface area contributed by atoms with Crippen LogP contribution in [0.1, 0.15) is 12.5 Å². The minimum atomic E-state index is 0.425. The number of nitrogens with zero attached hydrogens (tertiary/aromatic N) is 1. The van der Waals surface area contributed by atoms with Crippen LogP contribution in [0.3, 0.4) is 0 Å². The van der Waals surface area contributed by atoms with Crippen molar-refractivity contribution in [2.75, 3.05) is 12.5 Å². The number of hydrogen-bond acceptors (Lipinski definition) is 4. The van der Waals surface area contributed by atoms with E-state index in [4.69, 9.17) is 5.41 Å². The standard InChI is InChI=1S/C11H16N4/c1-9(12)7-14-15-11-5-3-10(4-6-11)8-13-2/h3-7,12-13,15H,8H2,1-2H3/b12-9?,14-7-. The molecule has 0 heterocycles. The summed E-state index contributed by atoms with van der Waals surface area (Å²) in [4.78, 5) is 0. The molecule has 0 amide bonds. The minimum Gasteiger partial charge on any atom is -0.316 e. The molecule has 4 heteroatoms. The molecule has 0 radical (unpaired) electrons. The Labute approximate surface area is 89.9 Å². The van der Waals surface area contributed by atoms with Gasteiger partial charge in [-0.05, 0) is 31.7 Å². The van der Waals surface area contributed by atoms with Gasteiger partial charge in [-0.2, -0.15) is 5.10 Å². The largest absolute Gasteiger partial charge is 0.316 e. The summed E-state index contributed by atoms with van der Waals surface area (Å²) in [6.07, 6.45) is 1.47. The van der Waals surface area contributed by atoms with Gasteiger partial charge >= 0.3 is 0 Å². The number of benzene rings is 1. The highest BCUT2D eigenvalue weighted by atomic mass is 15.3. The lowest BCUT2D eigenvalue weighted by atomic mass is 10.2. The molecule has 3 N–H and O–H groups in total. The van der Waals surface area contributed by atoms with Crippen molar-refractivity contribution in [1.82, 2.24) is 5.32 Å². The molecule has 0 aliphatic heterocycles. The zero-order valence-corrected chi connectivity index (χ0v) is 9.04. The van der Waals surface area contributed by atoms with E-state index in [1.165, 1.54) is 11.8 Å². The average molecular weight is 204 g/mol. The number of anilines is 1. The third-order valence-electron chi connectivity index (χ3n) is 1.79. The maximum atomic E-state index is 7.15. The Bertz CT molecular complexity index is 340. The van der Waals surface area contributed by atoms with Gasteiger partial charge in [0.15, 0.2) is 0 Å². The van der Waals surface area contributed by atoms with Crippen molar-refractivity contribution in [3.05, 3.63) is 29.8 Å². The third kappa shape index (κ3) is 4.37. The summed E-state index contributed by atoms with van der Waals surface area (Å²) in [5, 5.41) is 14.1. The Morgan fingerprint density at radius 1 is 1.40 bits per heavy atom. The van der Waals surface area contributed by atoms with Gasteiger partial charge in [0.25, 0.3) is 0 Å². The molecule has 1 aromatic rings. The first-order chi connectivity index (χ1) is 7.22. The van der Waals surface area contributed by atoms with Crippen LogP contribution in [0.4, 0.5) is 5.69 Å². The summed E-state index contributed by atoms with van der Waals surface area (Å²) < 4.78 is 0. The molecule has 0 bridgehead atoms. The smallest absolute Gasteiger partial charge is 0.0677 e. The molecule has 1 aromatic carbocycles.